The number of hydrogen-bond acceptors (Lipinski definition) is 12. The van der Waals surface area contributed by atoms with Gasteiger partial charge in [-0.15, -0.1) is 0 Å². The minimum absolute atomic E-state index is 0.0407. The minimum atomic E-state index is -1.14. The number of hydrogen-bond donors (Lipinski definition) is 9. The van der Waals surface area contributed by atoms with E-state index in [4.69, 9.17) is 28.7 Å². The van der Waals surface area contributed by atoms with Gasteiger partial charge in [0.2, 0.25) is 29.3 Å². The Morgan fingerprint density at radius 1 is 0.925 bits per heavy atom. The molecule has 0 aromatic carbocycles. The second-order valence-corrected chi connectivity index (χ2v) is 10.6. The molecule has 0 spiro atoms. The van der Waals surface area contributed by atoms with Gasteiger partial charge < -0.3 is 39.3 Å². The number of primary amides is 1. The third-order valence-corrected chi connectivity index (χ3v) is 6.58. The number of hydrazine groups is 1. The molecule has 230 valence electrons. The molecule has 0 aliphatic carbocycles. The Morgan fingerprint density at radius 2 is 1.60 bits per heavy atom. The molecule has 1 fully saturated rings. The fraction of sp³-hybridized carbons (Fsp3) is 0.800. The first kappa shape index (κ1) is 35.5. The molecule has 0 unspecified atom stereocenters. The molecule has 15 heteroatoms. The van der Waals surface area contributed by atoms with Crippen molar-refractivity contribution in [1.82, 2.24) is 26.4 Å². The molecule has 0 radical (unpaired) electrons. The highest BCUT2D eigenvalue weighted by atomic mass is 16.2. The highest BCUT2D eigenvalue weighted by Gasteiger charge is 2.38. The van der Waals surface area contributed by atoms with Crippen molar-refractivity contribution in [2.75, 3.05) is 26.2 Å². The number of carbonyl (C=O) groups is 5. The summed E-state index contributed by atoms with van der Waals surface area (Å²) < 4.78 is 0. The molecule has 1 aliphatic rings. The van der Waals surface area contributed by atoms with Crippen molar-refractivity contribution in [3.8, 4) is 0 Å². The summed E-state index contributed by atoms with van der Waals surface area (Å²) in [7, 11) is 0. The van der Waals surface area contributed by atoms with Gasteiger partial charge in [0.1, 0.15) is 12.3 Å². The molecule has 4 atom stereocenters. The topological polar surface area (TPSA) is 267 Å². The monoisotopic (exact) mass is 570 g/mol. The van der Waals surface area contributed by atoms with E-state index >= 15 is 0 Å². The van der Waals surface area contributed by atoms with Gasteiger partial charge >= 0.3 is 0 Å². The largest absolute Gasteiger partial charge is 0.369 e. The van der Waals surface area contributed by atoms with Crippen molar-refractivity contribution in [2.24, 2.45) is 34.6 Å². The Balaban J connectivity index is 3.01. The molecule has 0 saturated carbocycles. The van der Waals surface area contributed by atoms with E-state index in [9.17, 15) is 24.0 Å². The molecular formula is C25H50N10O5. The predicted octanol–water partition coefficient (Wildman–Crippen LogP) is -3.38. The number of nitrogens with one attached hydrogen (secondary N) is 4. The van der Waals surface area contributed by atoms with E-state index in [-0.39, 0.29) is 18.9 Å². The van der Waals surface area contributed by atoms with Gasteiger partial charge in [-0.2, -0.15) is 0 Å². The normalized spacial score (nSPS) is 17.9. The highest BCUT2D eigenvalue weighted by Crippen LogP contribution is 2.17. The average molecular weight is 571 g/mol. The fourth-order valence-corrected chi connectivity index (χ4v) is 4.48. The lowest BCUT2D eigenvalue weighted by Crippen LogP contribution is -2.57. The second kappa shape index (κ2) is 18.7. The number of nitrogens with zero attached hydrogens (tertiary/aromatic N) is 1. The second-order valence-electron chi connectivity index (χ2n) is 10.6. The molecule has 3 amide bonds. The molecule has 0 aromatic heterocycles. The number of Topliss-reactive ketones (excluding diaryl/α,β-unsaturated/α-hetero) is 2. The quantitative estimate of drug-likeness (QED) is 0.0372. The van der Waals surface area contributed by atoms with Gasteiger partial charge in [-0.1, -0.05) is 20.3 Å². The molecule has 0 aromatic rings. The van der Waals surface area contributed by atoms with Gasteiger partial charge in [-0.3, -0.25) is 29.3 Å². The fourth-order valence-electron chi connectivity index (χ4n) is 4.48. The predicted molar refractivity (Wildman–Crippen MR) is 151 cm³/mol. The van der Waals surface area contributed by atoms with E-state index in [2.05, 4.69) is 21.4 Å². The van der Waals surface area contributed by atoms with Crippen LogP contribution < -0.4 is 50.0 Å². The van der Waals surface area contributed by atoms with E-state index in [1.54, 1.807) is 0 Å². The van der Waals surface area contributed by atoms with Crippen LogP contribution in [0.3, 0.4) is 0 Å². The third-order valence-electron chi connectivity index (χ3n) is 6.58. The molecule has 40 heavy (non-hydrogen) atoms. The van der Waals surface area contributed by atoms with E-state index in [0.717, 1.165) is 6.42 Å². The van der Waals surface area contributed by atoms with Crippen LogP contribution in [-0.2, 0) is 24.0 Å². The SMILES string of the molecule is CC(C)C[C@H](NC(=O)[C@@H](N)CCCCN)C(=O)N[C@@H](CCCNC(N)N)C(=O)C(=O)[C@@H]1CCCN1NCC(N)=O. The number of rotatable bonds is 21. The van der Waals surface area contributed by atoms with E-state index in [0.29, 0.717) is 58.2 Å². The average Bonchev–Trinajstić information content (AvgIpc) is 3.36. The zero-order chi connectivity index (χ0) is 30.2. The van der Waals surface area contributed by atoms with Crippen LogP contribution in [0.15, 0.2) is 0 Å². The molecular weight excluding hydrogens is 520 g/mol. The molecule has 1 heterocycles. The molecule has 1 aliphatic heterocycles. The molecule has 15 nitrogen and oxygen atoms in total. The van der Waals surface area contributed by atoms with Crippen LogP contribution in [0.4, 0.5) is 0 Å². The standard InChI is InChI=1S/C25H50N10O5/c1-15(2)13-18(34-23(39)16(27)7-3-4-10-26)24(40)33-17(8-5-11-31-25(29)30)21(37)22(38)19-9-6-12-35(19)32-14-20(28)36/h15-19,25,31-32H,3-14,26-27,29-30H2,1-2H3,(H2,28,36)(H,33,40)(H,34,39)/t16-,17-,18-,19-/m0/s1. The zero-order valence-electron chi connectivity index (χ0n) is 23.8. The van der Waals surface area contributed by atoms with Crippen LogP contribution in [0.5, 0.6) is 0 Å². The summed E-state index contributed by atoms with van der Waals surface area (Å²) in [5.41, 5.74) is 30.5. The van der Waals surface area contributed by atoms with E-state index in [1.165, 1.54) is 5.01 Å². The Bertz CT molecular complexity index is 841. The van der Waals surface area contributed by atoms with Gasteiger partial charge in [-0.05, 0) is 64.0 Å². The van der Waals surface area contributed by atoms with Crippen molar-refractivity contribution >= 4 is 29.3 Å². The Kier molecular flexibility index (Phi) is 16.6. The maximum atomic E-state index is 13.4. The number of nitrogens with two attached hydrogens (primary N) is 5. The Hall–Kier alpha value is -2.53. The van der Waals surface area contributed by atoms with Crippen LogP contribution in [0.1, 0.15) is 65.2 Å². The van der Waals surface area contributed by atoms with Crippen molar-refractivity contribution < 1.29 is 24.0 Å². The molecule has 1 rings (SSSR count). The summed E-state index contributed by atoms with van der Waals surface area (Å²) in [5.74, 6) is -3.07. The lowest BCUT2D eigenvalue weighted by atomic mass is 9.96. The molecule has 14 N–H and O–H groups in total. The summed E-state index contributed by atoms with van der Waals surface area (Å²) in [4.78, 5) is 63.9. The van der Waals surface area contributed by atoms with Gasteiger partial charge in [0.25, 0.3) is 0 Å². The summed E-state index contributed by atoms with van der Waals surface area (Å²) in [5, 5.41) is 9.76. The summed E-state index contributed by atoms with van der Waals surface area (Å²) >= 11 is 0. The van der Waals surface area contributed by atoms with Crippen molar-refractivity contribution in [3.63, 3.8) is 0 Å². The smallest absolute Gasteiger partial charge is 0.243 e. The highest BCUT2D eigenvalue weighted by molar-refractivity contribution is 6.41. The van der Waals surface area contributed by atoms with Crippen LogP contribution in [0.25, 0.3) is 0 Å². The Morgan fingerprint density at radius 3 is 2.20 bits per heavy atom. The lowest BCUT2D eigenvalue weighted by molar-refractivity contribution is -0.142. The van der Waals surface area contributed by atoms with Crippen LogP contribution in [0.2, 0.25) is 0 Å². The zero-order valence-corrected chi connectivity index (χ0v) is 23.8. The lowest BCUT2D eigenvalue weighted by Gasteiger charge is -2.27. The van der Waals surface area contributed by atoms with Crippen LogP contribution in [-0.4, -0.2) is 90.9 Å². The van der Waals surface area contributed by atoms with Crippen molar-refractivity contribution in [3.05, 3.63) is 0 Å². The molecule has 0 bridgehead atoms. The summed E-state index contributed by atoms with van der Waals surface area (Å²) in [6.45, 7) is 4.93. The van der Waals surface area contributed by atoms with Gasteiger partial charge in [0, 0.05) is 6.54 Å². The molecule has 1 saturated heterocycles. The van der Waals surface area contributed by atoms with E-state index < -0.39 is 59.7 Å². The summed E-state index contributed by atoms with van der Waals surface area (Å²) in [6, 6.07) is -3.69. The maximum Gasteiger partial charge on any atom is 0.243 e. The Labute approximate surface area is 236 Å². The van der Waals surface area contributed by atoms with Crippen molar-refractivity contribution in [2.45, 2.75) is 95.7 Å². The van der Waals surface area contributed by atoms with Crippen molar-refractivity contribution in [1.29, 1.82) is 0 Å². The van der Waals surface area contributed by atoms with Gasteiger partial charge in [0.05, 0.1) is 24.7 Å². The van der Waals surface area contributed by atoms with E-state index in [1.807, 2.05) is 13.8 Å². The number of carbonyl (C=O) groups excluding carboxylic acids is 5. The first-order chi connectivity index (χ1) is 18.9. The number of ketones is 2. The maximum absolute atomic E-state index is 13.4. The van der Waals surface area contributed by atoms with Crippen LogP contribution >= 0.6 is 0 Å². The van der Waals surface area contributed by atoms with Crippen LogP contribution in [0, 0.1) is 5.92 Å². The summed E-state index contributed by atoms with van der Waals surface area (Å²) in [6.07, 6.45) is 2.95. The first-order valence-corrected chi connectivity index (χ1v) is 14.0. The third kappa shape index (κ3) is 13.2. The number of unbranched alkanes of at least 4 members (excludes halogenated alkanes) is 1. The van der Waals surface area contributed by atoms with Gasteiger partial charge in [-0.25, -0.2) is 10.4 Å². The minimum Gasteiger partial charge on any atom is -0.369 e. The number of amides is 3. The first-order valence-electron chi connectivity index (χ1n) is 14.0. The van der Waals surface area contributed by atoms with Gasteiger partial charge in [0.15, 0.2) is 0 Å².